The topological polar surface area (TPSA) is 30.5 Å². The fraction of sp³-hybridized carbons (Fsp3) is 0.647. The number of ether oxygens (including phenoxy) is 2. The molecule has 1 N–H and O–H groups in total. The standard InChI is InChI=1S/C17H27NO2/c1-2-12-18-15-17(10-6-7-11-17)20-14-13-19-16-8-4-3-5-9-16/h3-5,8-9,18H,2,6-7,10-15H2,1H3. The number of rotatable bonds is 9. The van der Waals surface area contributed by atoms with Crippen molar-refractivity contribution in [1.29, 1.82) is 0 Å². The molecule has 20 heavy (non-hydrogen) atoms. The molecule has 0 bridgehead atoms. The summed E-state index contributed by atoms with van der Waals surface area (Å²) in [5, 5.41) is 3.51. The molecule has 1 aromatic rings. The van der Waals surface area contributed by atoms with Crippen molar-refractivity contribution in [3.05, 3.63) is 30.3 Å². The van der Waals surface area contributed by atoms with Gasteiger partial charge in [0, 0.05) is 6.54 Å². The van der Waals surface area contributed by atoms with Gasteiger partial charge in [-0.25, -0.2) is 0 Å². The van der Waals surface area contributed by atoms with Crippen LogP contribution in [0.5, 0.6) is 5.75 Å². The van der Waals surface area contributed by atoms with Crippen molar-refractivity contribution in [2.24, 2.45) is 0 Å². The van der Waals surface area contributed by atoms with Crippen molar-refractivity contribution < 1.29 is 9.47 Å². The maximum absolute atomic E-state index is 6.17. The van der Waals surface area contributed by atoms with Crippen LogP contribution in [0.3, 0.4) is 0 Å². The van der Waals surface area contributed by atoms with Crippen LogP contribution in [-0.2, 0) is 4.74 Å². The van der Waals surface area contributed by atoms with Crippen LogP contribution >= 0.6 is 0 Å². The van der Waals surface area contributed by atoms with E-state index < -0.39 is 0 Å². The van der Waals surface area contributed by atoms with Gasteiger partial charge in [0.05, 0.1) is 12.2 Å². The van der Waals surface area contributed by atoms with E-state index >= 15 is 0 Å². The highest BCUT2D eigenvalue weighted by Crippen LogP contribution is 2.32. The zero-order chi connectivity index (χ0) is 14.1. The second-order valence-electron chi connectivity index (χ2n) is 5.58. The highest BCUT2D eigenvalue weighted by molar-refractivity contribution is 5.20. The van der Waals surface area contributed by atoms with Crippen molar-refractivity contribution in [1.82, 2.24) is 5.32 Å². The lowest BCUT2D eigenvalue weighted by atomic mass is 10.0. The minimum Gasteiger partial charge on any atom is -0.491 e. The van der Waals surface area contributed by atoms with Crippen molar-refractivity contribution in [3.63, 3.8) is 0 Å². The molecule has 3 heteroatoms. The van der Waals surface area contributed by atoms with Gasteiger partial charge >= 0.3 is 0 Å². The molecule has 1 fully saturated rings. The summed E-state index contributed by atoms with van der Waals surface area (Å²) >= 11 is 0. The maximum atomic E-state index is 6.17. The molecule has 0 atom stereocenters. The summed E-state index contributed by atoms with van der Waals surface area (Å²) in [6.45, 7) is 5.54. The number of nitrogens with one attached hydrogen (secondary N) is 1. The zero-order valence-corrected chi connectivity index (χ0v) is 12.6. The first-order valence-electron chi connectivity index (χ1n) is 7.87. The third-order valence-electron chi connectivity index (χ3n) is 3.89. The van der Waals surface area contributed by atoms with Gasteiger partial charge in [0.2, 0.25) is 0 Å². The molecule has 1 aromatic carbocycles. The molecular weight excluding hydrogens is 250 g/mol. The van der Waals surface area contributed by atoms with Gasteiger partial charge in [-0.05, 0) is 37.9 Å². The summed E-state index contributed by atoms with van der Waals surface area (Å²) in [4.78, 5) is 0. The second-order valence-corrected chi connectivity index (χ2v) is 5.58. The predicted octanol–water partition coefficient (Wildman–Crippen LogP) is 3.39. The predicted molar refractivity (Wildman–Crippen MR) is 82.2 cm³/mol. The van der Waals surface area contributed by atoms with Gasteiger partial charge in [0.15, 0.2) is 0 Å². The van der Waals surface area contributed by atoms with Crippen molar-refractivity contribution in [3.8, 4) is 5.75 Å². The molecule has 0 amide bonds. The zero-order valence-electron chi connectivity index (χ0n) is 12.6. The average Bonchev–Trinajstić information content (AvgIpc) is 2.94. The minimum absolute atomic E-state index is 0.0508. The van der Waals surface area contributed by atoms with E-state index in [0.717, 1.165) is 18.8 Å². The van der Waals surface area contributed by atoms with Crippen LogP contribution in [0.4, 0.5) is 0 Å². The van der Waals surface area contributed by atoms with Gasteiger partial charge in [0.25, 0.3) is 0 Å². The molecule has 1 aliphatic carbocycles. The molecule has 3 nitrogen and oxygen atoms in total. The molecule has 0 heterocycles. The van der Waals surface area contributed by atoms with Crippen molar-refractivity contribution in [2.45, 2.75) is 44.6 Å². The van der Waals surface area contributed by atoms with Gasteiger partial charge in [-0.15, -0.1) is 0 Å². The molecule has 2 rings (SSSR count). The van der Waals surface area contributed by atoms with Crippen LogP contribution in [0.25, 0.3) is 0 Å². The Kier molecular flexibility index (Phi) is 6.34. The van der Waals surface area contributed by atoms with Crippen LogP contribution in [0.2, 0.25) is 0 Å². The van der Waals surface area contributed by atoms with Gasteiger partial charge in [0.1, 0.15) is 12.4 Å². The van der Waals surface area contributed by atoms with Gasteiger partial charge < -0.3 is 14.8 Å². The smallest absolute Gasteiger partial charge is 0.119 e. The fourth-order valence-electron chi connectivity index (χ4n) is 2.82. The molecule has 0 spiro atoms. The first kappa shape index (κ1) is 15.3. The van der Waals surface area contributed by atoms with Crippen molar-refractivity contribution in [2.75, 3.05) is 26.3 Å². The highest BCUT2D eigenvalue weighted by Gasteiger charge is 2.34. The lowest BCUT2D eigenvalue weighted by Crippen LogP contribution is -2.42. The molecule has 0 radical (unpaired) electrons. The Labute approximate surface area is 122 Å². The second kappa shape index (κ2) is 8.28. The minimum atomic E-state index is 0.0508. The Bertz CT molecular complexity index is 361. The van der Waals surface area contributed by atoms with Gasteiger partial charge in [-0.1, -0.05) is 38.0 Å². The van der Waals surface area contributed by atoms with E-state index in [1.807, 2.05) is 30.3 Å². The summed E-state index contributed by atoms with van der Waals surface area (Å²) in [7, 11) is 0. The largest absolute Gasteiger partial charge is 0.491 e. The number of para-hydroxylation sites is 1. The molecule has 0 unspecified atom stereocenters. The summed E-state index contributed by atoms with van der Waals surface area (Å²) in [5.74, 6) is 0.917. The lowest BCUT2D eigenvalue weighted by molar-refractivity contribution is -0.0492. The SMILES string of the molecule is CCCNCC1(OCCOc2ccccc2)CCCC1. The van der Waals surface area contributed by atoms with E-state index in [0.29, 0.717) is 13.2 Å². The van der Waals surface area contributed by atoms with E-state index in [9.17, 15) is 0 Å². The number of benzene rings is 1. The Morgan fingerprint density at radius 1 is 1.10 bits per heavy atom. The Morgan fingerprint density at radius 3 is 2.55 bits per heavy atom. The van der Waals surface area contributed by atoms with E-state index in [1.54, 1.807) is 0 Å². The molecule has 0 saturated heterocycles. The van der Waals surface area contributed by atoms with Crippen LogP contribution in [0, 0.1) is 0 Å². The first-order chi connectivity index (χ1) is 9.85. The van der Waals surface area contributed by atoms with Crippen LogP contribution in [0.1, 0.15) is 39.0 Å². The van der Waals surface area contributed by atoms with E-state index in [1.165, 1.54) is 32.1 Å². The highest BCUT2D eigenvalue weighted by atomic mass is 16.5. The fourth-order valence-corrected chi connectivity index (χ4v) is 2.82. The van der Waals surface area contributed by atoms with E-state index in [-0.39, 0.29) is 5.60 Å². The van der Waals surface area contributed by atoms with Crippen LogP contribution in [-0.4, -0.2) is 31.9 Å². The number of hydrogen-bond donors (Lipinski definition) is 1. The lowest BCUT2D eigenvalue weighted by Gasteiger charge is -2.30. The monoisotopic (exact) mass is 277 g/mol. The first-order valence-corrected chi connectivity index (χ1v) is 7.87. The van der Waals surface area contributed by atoms with E-state index in [2.05, 4.69) is 12.2 Å². The summed E-state index contributed by atoms with van der Waals surface area (Å²) in [6, 6.07) is 9.94. The van der Waals surface area contributed by atoms with Crippen LogP contribution < -0.4 is 10.1 Å². The summed E-state index contributed by atoms with van der Waals surface area (Å²) < 4.78 is 11.9. The van der Waals surface area contributed by atoms with Gasteiger partial charge in [-0.2, -0.15) is 0 Å². The Morgan fingerprint density at radius 2 is 1.85 bits per heavy atom. The molecule has 112 valence electrons. The molecule has 0 aliphatic heterocycles. The third kappa shape index (κ3) is 4.80. The Balaban J connectivity index is 1.69. The maximum Gasteiger partial charge on any atom is 0.119 e. The Hall–Kier alpha value is -1.06. The van der Waals surface area contributed by atoms with E-state index in [4.69, 9.17) is 9.47 Å². The normalized spacial score (nSPS) is 17.2. The molecule has 1 saturated carbocycles. The van der Waals surface area contributed by atoms with Crippen LogP contribution in [0.15, 0.2) is 30.3 Å². The molecular formula is C17H27NO2. The number of hydrogen-bond acceptors (Lipinski definition) is 3. The summed E-state index contributed by atoms with van der Waals surface area (Å²) in [5.41, 5.74) is 0.0508. The molecule has 0 aromatic heterocycles. The van der Waals surface area contributed by atoms with Crippen molar-refractivity contribution >= 4 is 0 Å². The quantitative estimate of drug-likeness (QED) is 0.702. The van der Waals surface area contributed by atoms with Gasteiger partial charge in [-0.3, -0.25) is 0 Å². The average molecular weight is 277 g/mol. The summed E-state index contributed by atoms with van der Waals surface area (Å²) in [6.07, 6.45) is 6.10. The molecule has 1 aliphatic rings. The third-order valence-corrected chi connectivity index (χ3v) is 3.89.